The first-order valence-electron chi connectivity index (χ1n) is 5.76. The number of carboxylic acids is 1. The van der Waals surface area contributed by atoms with Crippen LogP contribution in [0.4, 0.5) is 0 Å². The lowest BCUT2D eigenvalue weighted by molar-refractivity contribution is -0.231. The molecule has 0 bridgehead atoms. The van der Waals surface area contributed by atoms with Crippen LogP contribution in [0.3, 0.4) is 0 Å². The van der Waals surface area contributed by atoms with Crippen molar-refractivity contribution in [1.82, 2.24) is 0 Å². The normalized spacial score (nSPS) is 11.2. The van der Waals surface area contributed by atoms with Crippen molar-refractivity contribution in [3.63, 3.8) is 0 Å². The maximum absolute atomic E-state index is 10.3. The van der Waals surface area contributed by atoms with Crippen LogP contribution in [-0.2, 0) is 9.68 Å². The highest BCUT2D eigenvalue weighted by Gasteiger charge is 2.18. The lowest BCUT2D eigenvalue weighted by Crippen LogP contribution is -2.18. The highest BCUT2D eigenvalue weighted by Crippen LogP contribution is 2.17. The lowest BCUT2D eigenvalue weighted by atomic mass is 10.0. The minimum Gasteiger partial charge on any atom is -0.481 e. The molecule has 0 rings (SSSR count). The zero-order chi connectivity index (χ0) is 14.6. The third kappa shape index (κ3) is 17.1. The molecule has 2 N–H and O–H groups in total. The molecule has 0 aliphatic heterocycles. The molecule has 0 saturated carbocycles. The maximum Gasteiger partial charge on any atom is 0.303 e. The van der Waals surface area contributed by atoms with Crippen molar-refractivity contribution >= 4 is 5.97 Å². The zero-order valence-corrected chi connectivity index (χ0v) is 11.6. The average molecular weight is 260 g/mol. The molecule has 0 aliphatic carbocycles. The number of rotatable bonds is 7. The van der Waals surface area contributed by atoms with Crippen molar-refractivity contribution in [2.24, 2.45) is 10.2 Å². The number of carbonyl (C=O) groups is 1. The molecule has 106 valence electrons. The molecule has 0 heterocycles. The molecule has 18 heavy (non-hydrogen) atoms. The Labute approximate surface area is 108 Å². The van der Waals surface area contributed by atoms with Crippen molar-refractivity contribution < 1.29 is 20.0 Å². The van der Waals surface area contributed by atoms with E-state index >= 15 is 0 Å². The number of hydrogen-bond donors (Lipinski definition) is 2. The minimum atomic E-state index is -0.784. The van der Waals surface area contributed by atoms with Gasteiger partial charge in [-0.3, -0.25) is 10.1 Å². The van der Waals surface area contributed by atoms with Crippen LogP contribution in [0.1, 0.15) is 40.5 Å². The first-order valence-corrected chi connectivity index (χ1v) is 5.76. The van der Waals surface area contributed by atoms with Crippen molar-refractivity contribution in [1.29, 1.82) is 0 Å². The van der Waals surface area contributed by atoms with Gasteiger partial charge in [-0.05, 0) is 34.1 Å². The SMILES string of the molecule is C=CCOO.CC(C)N=NC(C)(C)CCC(=O)O. The van der Waals surface area contributed by atoms with E-state index in [0.29, 0.717) is 6.42 Å². The molecule has 0 aromatic rings. The summed E-state index contributed by atoms with van der Waals surface area (Å²) in [5.74, 6) is -0.784. The fraction of sp³-hybridized carbons (Fsp3) is 0.750. The van der Waals surface area contributed by atoms with Crippen LogP contribution in [0.15, 0.2) is 22.9 Å². The van der Waals surface area contributed by atoms with Crippen molar-refractivity contribution in [3.05, 3.63) is 12.7 Å². The quantitative estimate of drug-likeness (QED) is 0.318. The molecule has 6 nitrogen and oxygen atoms in total. The molecule has 0 fully saturated rings. The fourth-order valence-corrected chi connectivity index (χ4v) is 0.787. The molecule has 0 radical (unpaired) electrons. The largest absolute Gasteiger partial charge is 0.481 e. The van der Waals surface area contributed by atoms with Crippen LogP contribution < -0.4 is 0 Å². The van der Waals surface area contributed by atoms with Gasteiger partial charge in [0.1, 0.15) is 0 Å². The van der Waals surface area contributed by atoms with Crippen LogP contribution in [0.2, 0.25) is 0 Å². The summed E-state index contributed by atoms with van der Waals surface area (Å²) in [6.07, 6.45) is 2.13. The molecule has 0 aromatic heterocycles. The standard InChI is InChI=1S/C9H18N2O2.C3H6O2/c1-7(2)10-11-9(3,4)6-5-8(12)13;1-2-3-5-4/h7H,5-6H2,1-4H3,(H,12,13);2,4H,1,3H2. The Morgan fingerprint density at radius 1 is 1.50 bits per heavy atom. The highest BCUT2D eigenvalue weighted by atomic mass is 17.1. The highest BCUT2D eigenvalue weighted by molar-refractivity contribution is 5.66. The predicted molar refractivity (Wildman–Crippen MR) is 69.7 cm³/mol. The third-order valence-corrected chi connectivity index (χ3v) is 1.70. The van der Waals surface area contributed by atoms with E-state index < -0.39 is 5.97 Å². The van der Waals surface area contributed by atoms with Gasteiger partial charge in [0.25, 0.3) is 0 Å². The number of carboxylic acid groups (broad SMARTS) is 1. The Bertz CT molecular complexity index is 263. The van der Waals surface area contributed by atoms with E-state index in [1.165, 1.54) is 6.08 Å². The molecule has 0 atom stereocenters. The Kier molecular flexibility index (Phi) is 11.5. The molecule has 6 heteroatoms. The average Bonchev–Trinajstić information content (AvgIpc) is 2.26. The van der Waals surface area contributed by atoms with E-state index in [1.54, 1.807) is 0 Å². The summed E-state index contributed by atoms with van der Waals surface area (Å²) in [7, 11) is 0. The van der Waals surface area contributed by atoms with E-state index in [1.807, 2.05) is 27.7 Å². The zero-order valence-electron chi connectivity index (χ0n) is 11.6. The lowest BCUT2D eigenvalue weighted by Gasteiger charge is -2.16. The van der Waals surface area contributed by atoms with Gasteiger partial charge in [0.15, 0.2) is 0 Å². The van der Waals surface area contributed by atoms with Gasteiger partial charge in [0.05, 0.1) is 18.2 Å². The predicted octanol–water partition coefficient (Wildman–Crippen LogP) is 3.15. The van der Waals surface area contributed by atoms with Gasteiger partial charge < -0.3 is 5.11 Å². The molecule has 0 saturated heterocycles. The Morgan fingerprint density at radius 2 is 2.06 bits per heavy atom. The molecular formula is C12H24N2O4. The molecule has 0 spiro atoms. The summed E-state index contributed by atoms with van der Waals surface area (Å²) in [6, 6.07) is 0.170. The summed E-state index contributed by atoms with van der Waals surface area (Å²) in [5, 5.41) is 24.1. The Hall–Kier alpha value is -1.27. The summed E-state index contributed by atoms with van der Waals surface area (Å²) in [5.41, 5.74) is -0.358. The maximum atomic E-state index is 10.3. The number of azo groups is 1. The van der Waals surface area contributed by atoms with Gasteiger partial charge in [0.2, 0.25) is 0 Å². The van der Waals surface area contributed by atoms with E-state index in [0.717, 1.165) is 0 Å². The monoisotopic (exact) mass is 260 g/mol. The fourth-order valence-electron chi connectivity index (χ4n) is 0.787. The van der Waals surface area contributed by atoms with Gasteiger partial charge >= 0.3 is 5.97 Å². The van der Waals surface area contributed by atoms with Crippen LogP contribution in [-0.4, -0.2) is 34.5 Å². The van der Waals surface area contributed by atoms with E-state index in [2.05, 4.69) is 21.7 Å². The minimum absolute atomic E-state index is 0.143. The summed E-state index contributed by atoms with van der Waals surface area (Å²) < 4.78 is 0. The van der Waals surface area contributed by atoms with Crippen molar-refractivity contribution in [2.45, 2.75) is 52.1 Å². The second kappa shape index (κ2) is 10.9. The summed E-state index contributed by atoms with van der Waals surface area (Å²) >= 11 is 0. The number of nitrogens with zero attached hydrogens (tertiary/aromatic N) is 2. The van der Waals surface area contributed by atoms with Gasteiger partial charge in [-0.25, -0.2) is 4.89 Å². The summed E-state index contributed by atoms with van der Waals surface area (Å²) in [6.45, 7) is 11.1. The first kappa shape index (κ1) is 19.1. The van der Waals surface area contributed by atoms with Crippen molar-refractivity contribution in [3.8, 4) is 0 Å². The number of aliphatic carboxylic acids is 1. The Morgan fingerprint density at radius 3 is 2.33 bits per heavy atom. The Balaban J connectivity index is 0. The van der Waals surface area contributed by atoms with E-state index in [4.69, 9.17) is 10.4 Å². The number of hydrogen-bond acceptors (Lipinski definition) is 5. The molecule has 0 aliphatic rings. The van der Waals surface area contributed by atoms with Gasteiger partial charge in [-0.2, -0.15) is 10.2 Å². The topological polar surface area (TPSA) is 91.5 Å². The van der Waals surface area contributed by atoms with Crippen molar-refractivity contribution in [2.75, 3.05) is 6.61 Å². The second-order valence-electron chi connectivity index (χ2n) is 4.60. The third-order valence-electron chi connectivity index (χ3n) is 1.70. The molecule has 0 unspecified atom stereocenters. The van der Waals surface area contributed by atoms with Crippen LogP contribution in [0.5, 0.6) is 0 Å². The molecule has 0 amide bonds. The van der Waals surface area contributed by atoms with Gasteiger partial charge in [0, 0.05) is 6.42 Å². The van der Waals surface area contributed by atoms with Crippen LogP contribution in [0.25, 0.3) is 0 Å². The first-order chi connectivity index (χ1) is 8.25. The van der Waals surface area contributed by atoms with Gasteiger partial charge in [-0.1, -0.05) is 6.08 Å². The van der Waals surface area contributed by atoms with Gasteiger partial charge in [-0.15, -0.1) is 6.58 Å². The second-order valence-corrected chi connectivity index (χ2v) is 4.60. The molecule has 0 aromatic carbocycles. The van der Waals surface area contributed by atoms with E-state index in [-0.39, 0.29) is 24.6 Å². The smallest absolute Gasteiger partial charge is 0.303 e. The van der Waals surface area contributed by atoms with E-state index in [9.17, 15) is 4.79 Å². The summed E-state index contributed by atoms with van der Waals surface area (Å²) in [4.78, 5) is 13.9. The van der Waals surface area contributed by atoms with Crippen LogP contribution >= 0.6 is 0 Å². The molecular weight excluding hydrogens is 236 g/mol. The van der Waals surface area contributed by atoms with Crippen LogP contribution in [0, 0.1) is 0 Å².